The predicted octanol–water partition coefficient (Wildman–Crippen LogP) is -0.452. The van der Waals surface area contributed by atoms with Crippen molar-refractivity contribution in [1.82, 2.24) is 10.5 Å². The van der Waals surface area contributed by atoms with E-state index in [1.54, 1.807) is 6.92 Å². The van der Waals surface area contributed by atoms with Crippen LogP contribution in [0.1, 0.15) is 23.2 Å². The summed E-state index contributed by atoms with van der Waals surface area (Å²) in [5, 5.41) is 23.7. The molecule has 0 aliphatic rings. The molecule has 0 saturated heterocycles. The Kier molecular flexibility index (Phi) is 3.28. The molecule has 0 spiro atoms. The van der Waals surface area contributed by atoms with E-state index < -0.39 is 24.0 Å². The second kappa shape index (κ2) is 4.31. The third-order valence-corrected chi connectivity index (χ3v) is 1.91. The smallest absolute Gasteiger partial charge is 0.337 e. The van der Waals surface area contributed by atoms with E-state index >= 15 is 0 Å². The molecule has 0 aliphatic heterocycles. The zero-order valence-electron chi connectivity index (χ0n) is 8.85. The minimum Gasteiger partial charge on any atom is -0.479 e. The Bertz CT molecular complexity index is 410. The van der Waals surface area contributed by atoms with Gasteiger partial charge in [0.05, 0.1) is 12.2 Å². The van der Waals surface area contributed by atoms with E-state index in [1.165, 1.54) is 6.07 Å². The molecule has 0 fully saturated rings. The number of hydrogen-bond acceptors (Lipinski definition) is 5. The summed E-state index contributed by atoms with van der Waals surface area (Å²) in [6.07, 6.45) is 0. The molecule has 1 aromatic heterocycles. The van der Waals surface area contributed by atoms with Gasteiger partial charge in [-0.15, -0.1) is 0 Å². The predicted molar refractivity (Wildman–Crippen MR) is 51.8 cm³/mol. The Morgan fingerprint density at radius 3 is 2.69 bits per heavy atom. The summed E-state index contributed by atoms with van der Waals surface area (Å²) in [6, 6.07) is 1.41. The summed E-state index contributed by atoms with van der Waals surface area (Å²) in [5.74, 6) is -2.07. The number of amides is 1. The number of nitrogens with one attached hydrogen (secondary N) is 1. The molecule has 1 unspecified atom stereocenters. The number of carbonyl (C=O) groups excluding carboxylic acids is 1. The molecule has 0 bridgehead atoms. The zero-order valence-corrected chi connectivity index (χ0v) is 8.85. The largest absolute Gasteiger partial charge is 0.479 e. The molecule has 0 aromatic carbocycles. The van der Waals surface area contributed by atoms with Crippen LogP contribution in [0.4, 0.5) is 0 Å². The Morgan fingerprint density at radius 1 is 1.62 bits per heavy atom. The maximum absolute atomic E-state index is 11.4. The Labute approximate surface area is 91.0 Å². The molecule has 1 atom stereocenters. The monoisotopic (exact) mass is 228 g/mol. The van der Waals surface area contributed by atoms with Crippen molar-refractivity contribution in [3.63, 3.8) is 0 Å². The van der Waals surface area contributed by atoms with Crippen LogP contribution < -0.4 is 5.32 Å². The van der Waals surface area contributed by atoms with E-state index in [4.69, 9.17) is 5.11 Å². The van der Waals surface area contributed by atoms with Crippen LogP contribution in [-0.4, -0.2) is 39.4 Å². The fraction of sp³-hybridized carbons (Fsp3) is 0.444. The van der Waals surface area contributed by atoms with Gasteiger partial charge in [-0.2, -0.15) is 0 Å². The second-order valence-corrected chi connectivity index (χ2v) is 3.59. The lowest BCUT2D eigenvalue weighted by Crippen LogP contribution is -2.46. The fourth-order valence-electron chi connectivity index (χ4n) is 0.886. The average molecular weight is 228 g/mol. The highest BCUT2D eigenvalue weighted by Crippen LogP contribution is 2.04. The summed E-state index contributed by atoms with van der Waals surface area (Å²) in [6.45, 7) is 2.32. The number of aryl methyl sites for hydroxylation is 1. The normalized spacial score (nSPS) is 14.2. The Morgan fingerprint density at radius 2 is 2.25 bits per heavy atom. The van der Waals surface area contributed by atoms with Gasteiger partial charge in [-0.3, -0.25) is 4.79 Å². The lowest BCUT2D eigenvalue weighted by Gasteiger charge is -2.17. The van der Waals surface area contributed by atoms with Crippen LogP contribution in [0.15, 0.2) is 10.6 Å². The molecule has 88 valence electrons. The Balaban J connectivity index is 2.57. The van der Waals surface area contributed by atoms with Crippen LogP contribution in [0.25, 0.3) is 0 Å². The maximum atomic E-state index is 11.4. The molecule has 1 aromatic rings. The molecule has 0 saturated carbocycles. The van der Waals surface area contributed by atoms with Gasteiger partial charge in [-0.05, 0) is 13.8 Å². The highest BCUT2D eigenvalue weighted by Gasteiger charge is 2.30. The van der Waals surface area contributed by atoms with E-state index in [9.17, 15) is 14.7 Å². The SMILES string of the molecule is Cc1cc(C(=O)NCC(C)(O)C(=O)O)on1. The highest BCUT2D eigenvalue weighted by atomic mass is 16.5. The van der Waals surface area contributed by atoms with Crippen molar-refractivity contribution in [3.8, 4) is 0 Å². The first-order valence-electron chi connectivity index (χ1n) is 4.50. The summed E-state index contributed by atoms with van der Waals surface area (Å²) in [5.41, 5.74) is -1.47. The van der Waals surface area contributed by atoms with E-state index in [2.05, 4.69) is 15.0 Å². The quantitative estimate of drug-likeness (QED) is 0.643. The number of aliphatic hydroxyl groups is 1. The number of rotatable bonds is 4. The van der Waals surface area contributed by atoms with Gasteiger partial charge in [0.1, 0.15) is 0 Å². The van der Waals surface area contributed by atoms with Crippen molar-refractivity contribution in [1.29, 1.82) is 0 Å². The molecule has 0 aliphatic carbocycles. The van der Waals surface area contributed by atoms with Gasteiger partial charge in [-0.1, -0.05) is 5.16 Å². The van der Waals surface area contributed by atoms with Crippen molar-refractivity contribution in [2.24, 2.45) is 0 Å². The minimum absolute atomic E-state index is 0.0290. The van der Waals surface area contributed by atoms with Gasteiger partial charge in [0.15, 0.2) is 5.60 Å². The average Bonchev–Trinajstić information content (AvgIpc) is 2.61. The molecule has 1 amide bonds. The van der Waals surface area contributed by atoms with Gasteiger partial charge >= 0.3 is 5.97 Å². The number of carboxylic acid groups (broad SMARTS) is 1. The highest BCUT2D eigenvalue weighted by molar-refractivity contribution is 5.92. The summed E-state index contributed by atoms with van der Waals surface area (Å²) >= 11 is 0. The van der Waals surface area contributed by atoms with Gasteiger partial charge in [0.2, 0.25) is 5.76 Å². The molecule has 7 nitrogen and oxygen atoms in total. The zero-order chi connectivity index (χ0) is 12.3. The third-order valence-electron chi connectivity index (χ3n) is 1.91. The van der Waals surface area contributed by atoms with Crippen LogP contribution in [0.3, 0.4) is 0 Å². The number of aliphatic carboxylic acids is 1. The number of carbonyl (C=O) groups is 2. The van der Waals surface area contributed by atoms with E-state index in [0.717, 1.165) is 6.92 Å². The molecule has 1 rings (SSSR count). The van der Waals surface area contributed by atoms with E-state index in [0.29, 0.717) is 5.69 Å². The first kappa shape index (κ1) is 12.2. The van der Waals surface area contributed by atoms with Crippen LogP contribution in [0.2, 0.25) is 0 Å². The number of aromatic nitrogens is 1. The lowest BCUT2D eigenvalue weighted by molar-refractivity contribution is -0.155. The van der Waals surface area contributed by atoms with Crippen molar-refractivity contribution in [3.05, 3.63) is 17.5 Å². The number of hydrogen-bond donors (Lipinski definition) is 3. The van der Waals surface area contributed by atoms with Crippen LogP contribution in [-0.2, 0) is 4.79 Å². The fourth-order valence-corrected chi connectivity index (χ4v) is 0.886. The summed E-state index contributed by atoms with van der Waals surface area (Å²) < 4.78 is 4.66. The molecule has 16 heavy (non-hydrogen) atoms. The first-order chi connectivity index (χ1) is 7.33. The molecule has 0 radical (unpaired) electrons. The van der Waals surface area contributed by atoms with E-state index in [1.807, 2.05) is 0 Å². The van der Waals surface area contributed by atoms with Gasteiger partial charge in [0, 0.05) is 6.07 Å². The van der Waals surface area contributed by atoms with Crippen molar-refractivity contribution in [2.75, 3.05) is 6.54 Å². The van der Waals surface area contributed by atoms with Gasteiger partial charge < -0.3 is 20.1 Å². The molecule has 7 heteroatoms. The summed E-state index contributed by atoms with van der Waals surface area (Å²) in [7, 11) is 0. The molecular formula is C9H12N2O5. The second-order valence-electron chi connectivity index (χ2n) is 3.59. The standard InChI is InChI=1S/C9H12N2O5/c1-5-3-6(16-11-5)7(12)10-4-9(2,15)8(13)14/h3,15H,4H2,1-2H3,(H,10,12)(H,13,14). The lowest BCUT2D eigenvalue weighted by atomic mass is 10.1. The Hall–Kier alpha value is -1.89. The minimum atomic E-state index is -2.01. The molecular weight excluding hydrogens is 216 g/mol. The maximum Gasteiger partial charge on any atom is 0.337 e. The van der Waals surface area contributed by atoms with E-state index in [-0.39, 0.29) is 5.76 Å². The van der Waals surface area contributed by atoms with Crippen molar-refractivity contribution in [2.45, 2.75) is 19.4 Å². The van der Waals surface area contributed by atoms with Crippen molar-refractivity contribution >= 4 is 11.9 Å². The first-order valence-corrected chi connectivity index (χ1v) is 4.50. The van der Waals surface area contributed by atoms with Crippen LogP contribution in [0, 0.1) is 6.92 Å². The van der Waals surface area contributed by atoms with Crippen LogP contribution >= 0.6 is 0 Å². The molecule has 3 N–H and O–H groups in total. The van der Waals surface area contributed by atoms with Crippen molar-refractivity contribution < 1.29 is 24.3 Å². The number of carboxylic acids is 1. The molecule has 1 heterocycles. The third kappa shape index (κ3) is 2.80. The van der Waals surface area contributed by atoms with Crippen LogP contribution in [0.5, 0.6) is 0 Å². The number of nitrogens with zero attached hydrogens (tertiary/aromatic N) is 1. The van der Waals surface area contributed by atoms with Gasteiger partial charge in [-0.25, -0.2) is 4.79 Å². The summed E-state index contributed by atoms with van der Waals surface area (Å²) in [4.78, 5) is 21.9. The van der Waals surface area contributed by atoms with Gasteiger partial charge in [0.25, 0.3) is 5.91 Å². The topological polar surface area (TPSA) is 113 Å².